The molecule has 0 aliphatic carbocycles. The molecule has 0 unspecified atom stereocenters. The summed E-state index contributed by atoms with van der Waals surface area (Å²) in [5.41, 5.74) is 9.27. The van der Waals surface area contributed by atoms with Gasteiger partial charge in [0.2, 0.25) is 5.96 Å². The van der Waals surface area contributed by atoms with Crippen molar-refractivity contribution in [2.24, 2.45) is 15.8 Å². The van der Waals surface area contributed by atoms with Gasteiger partial charge in [-0.2, -0.15) is 5.10 Å². The Morgan fingerprint density at radius 3 is 1.96 bits per heavy atom. The van der Waals surface area contributed by atoms with Crippen LogP contribution >= 0.6 is 24.0 Å². The van der Waals surface area contributed by atoms with Crippen molar-refractivity contribution in [1.29, 1.82) is 0 Å². The number of halogens is 2. The highest BCUT2D eigenvalue weighted by atomic mass is 35.5. The summed E-state index contributed by atoms with van der Waals surface area (Å²) in [5.74, 6) is 0.263. The van der Waals surface area contributed by atoms with Crippen molar-refractivity contribution in [2.45, 2.75) is 0 Å². The van der Waals surface area contributed by atoms with Crippen LogP contribution in [0.3, 0.4) is 0 Å². The van der Waals surface area contributed by atoms with E-state index in [0.29, 0.717) is 0 Å². The first-order valence-corrected chi connectivity index (χ1v) is 7.20. The van der Waals surface area contributed by atoms with Gasteiger partial charge in [-0.15, -0.1) is 12.4 Å². The van der Waals surface area contributed by atoms with Crippen LogP contribution in [0.25, 0.3) is 21.5 Å². The fourth-order valence-corrected chi connectivity index (χ4v) is 2.79. The highest BCUT2D eigenvalue weighted by molar-refractivity contribution is 6.42. The number of nitrogens with zero attached hydrogens (tertiary/aromatic N) is 2. The van der Waals surface area contributed by atoms with E-state index in [2.05, 4.69) is 15.5 Å². The van der Waals surface area contributed by atoms with E-state index in [9.17, 15) is 0 Å². The van der Waals surface area contributed by atoms with Crippen molar-refractivity contribution in [3.63, 3.8) is 0 Å². The van der Waals surface area contributed by atoms with Crippen molar-refractivity contribution in [1.82, 2.24) is 5.43 Å². The molecule has 3 aromatic rings. The highest BCUT2D eigenvalue weighted by Crippen LogP contribution is 2.35. The van der Waals surface area contributed by atoms with Crippen LogP contribution < -0.4 is 11.2 Å². The first-order valence-electron chi connectivity index (χ1n) is 6.82. The van der Waals surface area contributed by atoms with Gasteiger partial charge in [0.1, 0.15) is 0 Å². The van der Waals surface area contributed by atoms with Gasteiger partial charge in [0.05, 0.1) is 11.2 Å². The van der Waals surface area contributed by atoms with E-state index in [-0.39, 0.29) is 18.4 Å². The number of guanidine groups is 1. The van der Waals surface area contributed by atoms with Crippen molar-refractivity contribution in [3.8, 4) is 0 Å². The van der Waals surface area contributed by atoms with Crippen molar-refractivity contribution in [2.75, 3.05) is 7.05 Å². The van der Waals surface area contributed by atoms with Crippen LogP contribution in [0.2, 0.25) is 5.02 Å². The average Bonchev–Trinajstić information content (AvgIpc) is 2.57. The summed E-state index contributed by atoms with van der Waals surface area (Å²) in [4.78, 5) is 3.81. The minimum absolute atomic E-state index is 0. The van der Waals surface area contributed by atoms with Gasteiger partial charge in [0, 0.05) is 23.4 Å². The molecule has 0 heterocycles. The molecular formula is C17H16Cl2N4. The number of hydrogen-bond acceptors (Lipinski definition) is 2. The average molecular weight is 347 g/mol. The van der Waals surface area contributed by atoms with Crippen LogP contribution in [0, 0.1) is 0 Å². The number of hydrogen-bond donors (Lipinski definition) is 2. The normalized spacial score (nSPS) is 11.8. The Kier molecular flexibility index (Phi) is 5.42. The lowest BCUT2D eigenvalue weighted by Crippen LogP contribution is -2.26. The molecule has 6 heteroatoms. The van der Waals surface area contributed by atoms with Gasteiger partial charge in [0.15, 0.2) is 0 Å². The van der Waals surface area contributed by atoms with E-state index >= 15 is 0 Å². The maximum Gasteiger partial charge on any atom is 0.209 e. The summed E-state index contributed by atoms with van der Waals surface area (Å²) in [6.45, 7) is 0. The molecule has 0 spiro atoms. The Labute approximate surface area is 145 Å². The molecule has 0 saturated carbocycles. The number of nitrogens with one attached hydrogen (secondary N) is 1. The first kappa shape index (κ1) is 17.1. The topological polar surface area (TPSA) is 62.8 Å². The predicted molar refractivity (Wildman–Crippen MR) is 102 cm³/mol. The van der Waals surface area contributed by atoms with Gasteiger partial charge < -0.3 is 5.73 Å². The maximum atomic E-state index is 6.55. The number of fused-ring (bicyclic) bond motifs is 2. The molecule has 3 N–H and O–H groups in total. The number of rotatable bonds is 2. The Balaban J connectivity index is 0.00000192. The summed E-state index contributed by atoms with van der Waals surface area (Å²) in [6, 6.07) is 16.0. The lowest BCUT2D eigenvalue weighted by Gasteiger charge is -2.10. The predicted octanol–water partition coefficient (Wildman–Crippen LogP) is 3.94. The molecule has 0 fully saturated rings. The van der Waals surface area contributed by atoms with E-state index in [4.69, 9.17) is 17.3 Å². The number of nitrogens with two attached hydrogens (primary N) is 1. The SMILES string of the molecule is CN=C(N)N/N=C/c1c2ccccc2c(Cl)c2ccccc12.Cl. The number of benzene rings is 3. The third-order valence-corrected chi connectivity index (χ3v) is 3.93. The number of hydrazone groups is 1. The molecule has 0 bridgehead atoms. The van der Waals surface area contributed by atoms with E-state index < -0.39 is 0 Å². The Morgan fingerprint density at radius 1 is 1.00 bits per heavy atom. The molecule has 0 aliphatic rings. The van der Waals surface area contributed by atoms with Crippen LogP contribution in [0.5, 0.6) is 0 Å². The lowest BCUT2D eigenvalue weighted by atomic mass is 9.97. The van der Waals surface area contributed by atoms with Gasteiger partial charge in [-0.05, 0) is 10.8 Å². The van der Waals surface area contributed by atoms with Gasteiger partial charge in [0.25, 0.3) is 0 Å². The van der Waals surface area contributed by atoms with Crippen LogP contribution in [0.4, 0.5) is 0 Å². The molecule has 3 aromatic carbocycles. The molecule has 0 radical (unpaired) electrons. The van der Waals surface area contributed by atoms with Crippen LogP contribution in [-0.2, 0) is 0 Å². The first-order chi connectivity index (χ1) is 10.7. The van der Waals surface area contributed by atoms with E-state index in [1.165, 1.54) is 0 Å². The molecule has 23 heavy (non-hydrogen) atoms. The Bertz CT molecular complexity index is 847. The summed E-state index contributed by atoms with van der Waals surface area (Å²) in [7, 11) is 1.60. The van der Waals surface area contributed by atoms with Gasteiger partial charge >= 0.3 is 0 Å². The fourth-order valence-electron chi connectivity index (χ4n) is 2.46. The van der Waals surface area contributed by atoms with Gasteiger partial charge in [-0.3, -0.25) is 4.99 Å². The Hall–Kier alpha value is -2.30. The monoisotopic (exact) mass is 346 g/mol. The van der Waals surface area contributed by atoms with Crippen molar-refractivity contribution < 1.29 is 0 Å². The molecule has 0 atom stereocenters. The quantitative estimate of drug-likeness (QED) is 0.319. The fraction of sp³-hybridized carbons (Fsp3) is 0.0588. The molecule has 0 saturated heterocycles. The zero-order valence-corrected chi connectivity index (χ0v) is 14.0. The van der Waals surface area contributed by atoms with Crippen LogP contribution in [0.15, 0.2) is 58.6 Å². The second-order valence-electron chi connectivity index (χ2n) is 4.80. The molecule has 118 valence electrons. The van der Waals surface area contributed by atoms with E-state index in [1.54, 1.807) is 13.3 Å². The highest BCUT2D eigenvalue weighted by Gasteiger charge is 2.10. The van der Waals surface area contributed by atoms with Gasteiger partial charge in [-0.1, -0.05) is 60.1 Å². The van der Waals surface area contributed by atoms with E-state index in [0.717, 1.165) is 32.1 Å². The molecule has 0 aliphatic heterocycles. The van der Waals surface area contributed by atoms with Crippen LogP contribution in [-0.4, -0.2) is 19.2 Å². The van der Waals surface area contributed by atoms with E-state index in [1.807, 2.05) is 48.5 Å². The van der Waals surface area contributed by atoms with Gasteiger partial charge in [-0.25, -0.2) is 5.43 Å². The Morgan fingerprint density at radius 2 is 1.48 bits per heavy atom. The summed E-state index contributed by atoms with van der Waals surface area (Å²) in [6.07, 6.45) is 1.75. The number of aliphatic imine (C=N–C) groups is 1. The molecule has 0 amide bonds. The van der Waals surface area contributed by atoms with Crippen LogP contribution in [0.1, 0.15) is 5.56 Å². The largest absolute Gasteiger partial charge is 0.369 e. The zero-order chi connectivity index (χ0) is 15.5. The summed E-state index contributed by atoms with van der Waals surface area (Å²) < 4.78 is 0. The lowest BCUT2D eigenvalue weighted by molar-refractivity contribution is 1.01. The smallest absolute Gasteiger partial charge is 0.209 e. The minimum atomic E-state index is 0. The van der Waals surface area contributed by atoms with Crippen molar-refractivity contribution in [3.05, 3.63) is 59.1 Å². The second-order valence-corrected chi connectivity index (χ2v) is 5.18. The molecular weight excluding hydrogens is 331 g/mol. The third kappa shape index (κ3) is 3.23. The summed E-state index contributed by atoms with van der Waals surface area (Å²) in [5, 5.41) is 9.02. The molecule has 0 aromatic heterocycles. The zero-order valence-electron chi connectivity index (χ0n) is 12.5. The third-order valence-electron chi connectivity index (χ3n) is 3.52. The maximum absolute atomic E-state index is 6.55. The molecule has 3 rings (SSSR count). The second kappa shape index (κ2) is 7.31. The minimum Gasteiger partial charge on any atom is -0.369 e. The standard InChI is InChI=1S/C17H15ClN4.ClH/c1-20-17(19)22-21-10-15-11-6-2-4-8-13(11)16(18)14-9-5-3-7-12(14)15;/h2-10H,1H3,(H3,19,20,22);1H/b21-10+;. The van der Waals surface area contributed by atoms with Crippen molar-refractivity contribution >= 4 is 57.7 Å². The summed E-state index contributed by atoms with van der Waals surface area (Å²) >= 11 is 6.55. The molecule has 4 nitrogen and oxygen atoms in total.